The zero-order valence-electron chi connectivity index (χ0n) is 15.9. The topological polar surface area (TPSA) is 134 Å². The van der Waals surface area contributed by atoms with Gasteiger partial charge in [-0.3, -0.25) is 14.5 Å². The van der Waals surface area contributed by atoms with E-state index < -0.39 is 41.5 Å². The number of thioether (sulfide) groups is 1. The van der Waals surface area contributed by atoms with E-state index >= 15 is 0 Å². The number of nitrogens with zero attached hydrogens (tertiary/aromatic N) is 1. The number of hydrogen-bond donors (Lipinski definition) is 3. The second-order valence-corrected chi connectivity index (χ2v) is 7.91. The number of carbonyl (C=O) groups excluding carboxylic acids is 3. The molecule has 1 aromatic rings. The highest BCUT2D eigenvalue weighted by atomic mass is 35.5. The molecule has 12 heteroatoms. The van der Waals surface area contributed by atoms with E-state index in [2.05, 4.69) is 21.9 Å². The first-order chi connectivity index (χ1) is 14.8. The van der Waals surface area contributed by atoms with E-state index in [1.54, 1.807) is 30.3 Å². The number of nitrogens with one attached hydrogen (secondary N) is 2. The summed E-state index contributed by atoms with van der Waals surface area (Å²) in [6.07, 6.45) is -1.05. The molecule has 164 valence electrons. The molecule has 31 heavy (non-hydrogen) atoms. The molecule has 2 aliphatic rings. The summed E-state index contributed by atoms with van der Waals surface area (Å²) in [7, 11) is 0. The summed E-state index contributed by atoms with van der Waals surface area (Å²) in [4.78, 5) is 49.5. The van der Waals surface area contributed by atoms with E-state index in [1.165, 1.54) is 17.8 Å². The second-order valence-electron chi connectivity index (χ2n) is 6.35. The highest BCUT2D eigenvalue weighted by Crippen LogP contribution is 2.41. The van der Waals surface area contributed by atoms with Gasteiger partial charge in [-0.05, 0) is 5.56 Å². The first-order valence-electron chi connectivity index (χ1n) is 8.97. The summed E-state index contributed by atoms with van der Waals surface area (Å²) >= 11 is 7.23. The van der Waals surface area contributed by atoms with Gasteiger partial charge in [0.05, 0.1) is 5.03 Å². The molecule has 2 unspecified atom stereocenters. The van der Waals surface area contributed by atoms with Crippen molar-refractivity contribution in [1.29, 1.82) is 0 Å². The van der Waals surface area contributed by atoms with E-state index in [0.29, 0.717) is 5.56 Å². The summed E-state index contributed by atoms with van der Waals surface area (Å²) in [6.45, 7) is 3.41. The molecule has 3 atom stereocenters. The van der Waals surface area contributed by atoms with Gasteiger partial charge in [-0.1, -0.05) is 54.6 Å². The fourth-order valence-electron chi connectivity index (χ4n) is 3.00. The van der Waals surface area contributed by atoms with Gasteiger partial charge in [-0.15, -0.1) is 11.8 Å². The van der Waals surface area contributed by atoms with Crippen molar-refractivity contribution in [3.63, 3.8) is 0 Å². The largest absolute Gasteiger partial charge is 0.512 e. The molecule has 2 heterocycles. The number of benzene rings is 1. The monoisotopic (exact) mass is 467 g/mol. The highest BCUT2D eigenvalue weighted by molar-refractivity contribution is 8.00. The number of alkyl carbamates (subject to hydrolysis) is 1. The molecule has 0 bridgehead atoms. The van der Waals surface area contributed by atoms with Crippen molar-refractivity contribution in [3.8, 4) is 0 Å². The number of carbonyl (C=O) groups is 4. The lowest BCUT2D eigenvalue weighted by molar-refractivity contribution is -0.149. The van der Waals surface area contributed by atoms with Crippen LogP contribution >= 0.6 is 23.4 Å². The molecule has 2 aliphatic heterocycles. The average Bonchev–Trinajstić information content (AvgIpc) is 2.75. The zero-order valence-corrected chi connectivity index (χ0v) is 17.5. The maximum Gasteiger partial charge on any atom is 0.512 e. The van der Waals surface area contributed by atoms with Crippen LogP contribution in [-0.2, 0) is 19.1 Å². The van der Waals surface area contributed by atoms with Crippen molar-refractivity contribution in [3.05, 3.63) is 59.5 Å². The Hall–Kier alpha value is -3.18. The standard InChI is InChI=1S/C19H18ClN3O7S/c1-2-8-29-18(26)22-12(10-6-4-3-5-7-10)14(24)21-13-15(25)23-16(30-19(27)28)11(20)9-31-17(13)23/h2-7,12-13,17H,1,8-9H2,(H,21,24)(H,22,26)(H,27,28)/t12?,13?,17-/m0/s1. The molecular formula is C19H18ClN3O7S. The Morgan fingerprint density at radius 2 is 2.06 bits per heavy atom. The molecule has 0 aliphatic carbocycles. The molecule has 0 spiro atoms. The fourth-order valence-corrected chi connectivity index (χ4v) is 4.48. The van der Waals surface area contributed by atoms with Crippen molar-refractivity contribution in [2.45, 2.75) is 17.5 Å². The molecular weight excluding hydrogens is 450 g/mol. The molecule has 1 fully saturated rings. The predicted molar refractivity (Wildman–Crippen MR) is 111 cm³/mol. The van der Waals surface area contributed by atoms with Crippen LogP contribution in [0.4, 0.5) is 9.59 Å². The maximum absolute atomic E-state index is 13.0. The van der Waals surface area contributed by atoms with Crippen molar-refractivity contribution in [2.24, 2.45) is 0 Å². The van der Waals surface area contributed by atoms with Crippen LogP contribution < -0.4 is 10.6 Å². The Morgan fingerprint density at radius 3 is 2.71 bits per heavy atom. The summed E-state index contributed by atoms with van der Waals surface area (Å²) < 4.78 is 9.52. The Labute approximate surface area is 186 Å². The van der Waals surface area contributed by atoms with Gasteiger partial charge in [0.2, 0.25) is 11.8 Å². The minimum absolute atomic E-state index is 0.0385. The molecule has 10 nitrogen and oxygen atoms in total. The summed E-state index contributed by atoms with van der Waals surface area (Å²) in [5, 5.41) is 13.4. The van der Waals surface area contributed by atoms with Gasteiger partial charge >= 0.3 is 12.2 Å². The number of halogens is 1. The van der Waals surface area contributed by atoms with E-state index in [0.717, 1.165) is 4.90 Å². The first-order valence-corrected chi connectivity index (χ1v) is 10.4. The summed E-state index contributed by atoms with van der Waals surface area (Å²) in [6, 6.07) is 6.35. The third-order valence-electron chi connectivity index (χ3n) is 4.35. The summed E-state index contributed by atoms with van der Waals surface area (Å²) in [5.74, 6) is -1.28. The molecule has 1 saturated heterocycles. The lowest BCUT2D eigenvalue weighted by Crippen LogP contribution is -2.70. The van der Waals surface area contributed by atoms with Crippen LogP contribution in [-0.4, -0.2) is 57.8 Å². The van der Waals surface area contributed by atoms with E-state index in [-0.39, 0.29) is 23.3 Å². The number of amides is 3. The Bertz CT molecular complexity index is 940. The minimum atomic E-state index is -1.61. The predicted octanol–water partition coefficient (Wildman–Crippen LogP) is 2.14. The maximum atomic E-state index is 13.0. The third kappa shape index (κ3) is 4.94. The van der Waals surface area contributed by atoms with E-state index in [9.17, 15) is 19.2 Å². The van der Waals surface area contributed by atoms with Crippen LogP contribution in [0.2, 0.25) is 0 Å². The molecule has 3 N–H and O–H groups in total. The highest BCUT2D eigenvalue weighted by Gasteiger charge is 2.54. The van der Waals surface area contributed by atoms with Crippen molar-refractivity contribution in [1.82, 2.24) is 15.5 Å². The van der Waals surface area contributed by atoms with Crippen LogP contribution in [0.1, 0.15) is 11.6 Å². The number of carboxylic acid groups (broad SMARTS) is 1. The van der Waals surface area contributed by atoms with Crippen molar-refractivity contribution < 1.29 is 33.8 Å². The van der Waals surface area contributed by atoms with Crippen LogP contribution in [0.3, 0.4) is 0 Å². The summed E-state index contributed by atoms with van der Waals surface area (Å²) in [5.41, 5.74) is 0.480. The zero-order chi connectivity index (χ0) is 22.5. The Kier molecular flexibility index (Phi) is 7.08. The molecule has 3 amide bonds. The molecule has 0 radical (unpaired) electrons. The van der Waals surface area contributed by atoms with Crippen LogP contribution in [0.25, 0.3) is 0 Å². The lowest BCUT2D eigenvalue weighted by atomic mass is 10.0. The number of fused-ring (bicyclic) bond motifs is 1. The normalized spacial score (nSPS) is 20.7. The van der Waals surface area contributed by atoms with Gasteiger partial charge in [-0.25, -0.2) is 9.59 Å². The Morgan fingerprint density at radius 1 is 1.35 bits per heavy atom. The smallest absolute Gasteiger partial charge is 0.449 e. The first kappa shape index (κ1) is 22.5. The van der Waals surface area contributed by atoms with Crippen molar-refractivity contribution in [2.75, 3.05) is 12.4 Å². The van der Waals surface area contributed by atoms with Gasteiger partial charge in [0, 0.05) is 5.75 Å². The third-order valence-corrected chi connectivity index (χ3v) is 6.08. The van der Waals surface area contributed by atoms with Crippen LogP contribution in [0.5, 0.6) is 0 Å². The van der Waals surface area contributed by atoms with Crippen LogP contribution in [0, 0.1) is 0 Å². The Balaban J connectivity index is 1.74. The van der Waals surface area contributed by atoms with Gasteiger partial charge in [0.25, 0.3) is 5.91 Å². The van der Waals surface area contributed by atoms with Gasteiger partial charge in [-0.2, -0.15) is 0 Å². The second kappa shape index (κ2) is 9.75. The quantitative estimate of drug-likeness (QED) is 0.315. The average molecular weight is 468 g/mol. The number of hydrogen-bond acceptors (Lipinski definition) is 7. The van der Waals surface area contributed by atoms with Crippen LogP contribution in [0.15, 0.2) is 53.9 Å². The number of ether oxygens (including phenoxy) is 2. The molecule has 0 aromatic heterocycles. The number of β-lactam (4-membered cyclic amide) rings is 1. The number of rotatable bonds is 7. The lowest BCUT2D eigenvalue weighted by Gasteiger charge is -2.48. The van der Waals surface area contributed by atoms with E-state index in [1.807, 2.05) is 0 Å². The van der Waals surface area contributed by atoms with Crippen molar-refractivity contribution >= 4 is 47.4 Å². The molecule has 1 aromatic carbocycles. The molecule has 3 rings (SSSR count). The fraction of sp³-hybridized carbons (Fsp3) is 0.263. The van der Waals surface area contributed by atoms with Gasteiger partial charge in [0.1, 0.15) is 24.1 Å². The molecule has 0 saturated carbocycles. The van der Waals surface area contributed by atoms with E-state index in [4.69, 9.17) is 21.4 Å². The van der Waals surface area contributed by atoms with Gasteiger partial charge < -0.3 is 25.2 Å². The minimum Gasteiger partial charge on any atom is -0.449 e. The SMILES string of the molecule is C=CCOC(=O)NC(C(=O)NC1C(=O)N2C(OC(=O)O)=C(Cl)CS[C@@H]12)c1ccccc1. The van der Waals surface area contributed by atoms with Gasteiger partial charge in [0.15, 0.2) is 0 Å².